The van der Waals surface area contributed by atoms with Crippen molar-refractivity contribution in [3.05, 3.63) is 33.2 Å². The normalized spacial score (nSPS) is 24.1. The first-order valence-electron chi connectivity index (χ1n) is 10.1. The first kappa shape index (κ1) is 22.3. The number of rotatable bonds is 7. The predicted molar refractivity (Wildman–Crippen MR) is 102 cm³/mol. The second-order valence-electron chi connectivity index (χ2n) is 8.35. The topological polar surface area (TPSA) is 114 Å². The third-order valence-electron chi connectivity index (χ3n) is 6.41. The van der Waals surface area contributed by atoms with E-state index >= 15 is 0 Å². The summed E-state index contributed by atoms with van der Waals surface area (Å²) in [6.07, 6.45) is -1.03. The predicted octanol–water partition coefficient (Wildman–Crippen LogP) is 1.44. The summed E-state index contributed by atoms with van der Waals surface area (Å²) >= 11 is 0. The van der Waals surface area contributed by atoms with Crippen molar-refractivity contribution in [2.75, 3.05) is 6.61 Å². The molecule has 10 heteroatoms. The van der Waals surface area contributed by atoms with Gasteiger partial charge in [-0.2, -0.15) is 13.2 Å². The highest BCUT2D eigenvalue weighted by Gasteiger charge is 2.42. The van der Waals surface area contributed by atoms with E-state index < -0.39 is 59.9 Å². The van der Waals surface area contributed by atoms with Crippen LogP contribution in [0.15, 0.2) is 10.9 Å². The van der Waals surface area contributed by atoms with Gasteiger partial charge < -0.3 is 16.2 Å². The van der Waals surface area contributed by atoms with Crippen LogP contribution in [0, 0.1) is 17.8 Å². The molecular weight excluding hydrogens is 403 g/mol. The molecule has 0 radical (unpaired) electrons. The third kappa shape index (κ3) is 4.38. The summed E-state index contributed by atoms with van der Waals surface area (Å²) in [7, 11) is 0. The summed E-state index contributed by atoms with van der Waals surface area (Å²) < 4.78 is 41.4. The first-order valence-corrected chi connectivity index (χ1v) is 10.1. The van der Waals surface area contributed by atoms with Crippen molar-refractivity contribution >= 4 is 11.8 Å². The Hall–Kier alpha value is -2.36. The van der Waals surface area contributed by atoms with Crippen molar-refractivity contribution in [1.82, 2.24) is 9.88 Å². The number of aliphatic hydroxyl groups excluding tert-OH is 1. The first-order chi connectivity index (χ1) is 14.0. The smallest absolute Gasteiger partial charge is 0.396 e. The molecule has 2 amide bonds. The molecule has 30 heavy (non-hydrogen) atoms. The molecule has 2 aliphatic rings. The van der Waals surface area contributed by atoms with Gasteiger partial charge in [-0.25, -0.2) is 0 Å². The lowest BCUT2D eigenvalue weighted by Gasteiger charge is -2.29. The van der Waals surface area contributed by atoms with Crippen molar-refractivity contribution in [2.45, 2.75) is 57.8 Å². The summed E-state index contributed by atoms with van der Waals surface area (Å²) in [4.78, 5) is 36.7. The highest BCUT2D eigenvalue weighted by molar-refractivity contribution is 5.92. The van der Waals surface area contributed by atoms with E-state index in [1.54, 1.807) is 0 Å². The zero-order chi connectivity index (χ0) is 22.2. The van der Waals surface area contributed by atoms with Crippen LogP contribution in [0.25, 0.3) is 0 Å². The maximum Gasteiger partial charge on any atom is 0.431 e. The summed E-state index contributed by atoms with van der Waals surface area (Å²) in [5.74, 6) is -0.513. The summed E-state index contributed by atoms with van der Waals surface area (Å²) in [6, 6.07) is 0.518. The number of pyridine rings is 1. The molecule has 0 unspecified atom stereocenters. The molecule has 2 bridgehead atoms. The van der Waals surface area contributed by atoms with Crippen molar-refractivity contribution in [1.29, 1.82) is 0 Å². The maximum atomic E-state index is 13.7. The van der Waals surface area contributed by atoms with Crippen LogP contribution < -0.4 is 16.6 Å². The van der Waals surface area contributed by atoms with Gasteiger partial charge in [0.1, 0.15) is 17.8 Å². The zero-order valence-corrected chi connectivity index (χ0v) is 16.7. The van der Waals surface area contributed by atoms with Crippen molar-refractivity contribution in [3.8, 4) is 0 Å². The molecule has 1 aromatic rings. The van der Waals surface area contributed by atoms with E-state index in [2.05, 4.69) is 5.32 Å². The number of hydrogen-bond donors (Lipinski definition) is 3. The van der Waals surface area contributed by atoms with Gasteiger partial charge >= 0.3 is 6.18 Å². The number of fused-ring (bicyclic) bond motifs is 2. The van der Waals surface area contributed by atoms with Crippen LogP contribution >= 0.6 is 0 Å². The average molecular weight is 429 g/mol. The molecule has 1 heterocycles. The van der Waals surface area contributed by atoms with Crippen LogP contribution in [0.3, 0.4) is 0 Å². The van der Waals surface area contributed by atoms with E-state index in [9.17, 15) is 27.6 Å². The van der Waals surface area contributed by atoms with E-state index in [4.69, 9.17) is 10.8 Å². The molecular formula is C20H26F3N3O4. The monoisotopic (exact) mass is 429 g/mol. The fourth-order valence-corrected chi connectivity index (χ4v) is 5.15. The minimum atomic E-state index is -4.96. The Bertz CT molecular complexity index is 897. The summed E-state index contributed by atoms with van der Waals surface area (Å²) in [6.45, 7) is 0.305. The Morgan fingerprint density at radius 3 is 2.53 bits per heavy atom. The number of nitrogens with two attached hydrogens (primary N) is 1. The molecule has 2 aliphatic carbocycles. The number of nitrogens with one attached hydrogen (secondary N) is 1. The number of hydrogen-bond acceptors (Lipinski definition) is 4. The molecule has 4 N–H and O–H groups in total. The van der Waals surface area contributed by atoms with Gasteiger partial charge in [0, 0.05) is 12.6 Å². The lowest BCUT2D eigenvalue weighted by molar-refractivity contribution is -0.145. The van der Waals surface area contributed by atoms with Crippen LogP contribution in [-0.2, 0) is 23.9 Å². The molecule has 2 fully saturated rings. The van der Waals surface area contributed by atoms with Crippen molar-refractivity contribution < 1.29 is 27.9 Å². The molecule has 3 rings (SSSR count). The van der Waals surface area contributed by atoms with E-state index in [-0.39, 0.29) is 16.5 Å². The number of nitrogens with zero attached hydrogens (tertiary/aromatic N) is 1. The Labute approximate surface area is 171 Å². The Kier molecular flexibility index (Phi) is 6.26. The van der Waals surface area contributed by atoms with Gasteiger partial charge in [-0.15, -0.1) is 0 Å². The van der Waals surface area contributed by atoms with E-state index in [1.807, 2.05) is 6.92 Å². The van der Waals surface area contributed by atoms with Crippen LogP contribution in [-0.4, -0.2) is 34.1 Å². The molecule has 4 atom stereocenters. The third-order valence-corrected chi connectivity index (χ3v) is 6.41. The number of amides is 2. The molecule has 0 saturated heterocycles. The van der Waals surface area contributed by atoms with Crippen LogP contribution in [0.5, 0.6) is 0 Å². The number of carbonyl (C=O) groups excluding carboxylic acids is 2. The van der Waals surface area contributed by atoms with Gasteiger partial charge in [0.25, 0.3) is 11.5 Å². The molecule has 0 aliphatic heterocycles. The largest absolute Gasteiger partial charge is 0.431 e. The molecule has 1 aromatic heterocycles. The molecule has 0 spiro atoms. The average Bonchev–Trinajstić information content (AvgIpc) is 3.26. The fraction of sp³-hybridized carbons (Fsp3) is 0.650. The number of carbonyl (C=O) groups is 2. The highest BCUT2D eigenvalue weighted by atomic mass is 19.4. The lowest BCUT2D eigenvalue weighted by Crippen LogP contribution is -2.44. The number of halogens is 3. The van der Waals surface area contributed by atoms with Gasteiger partial charge in [-0.05, 0) is 62.0 Å². The van der Waals surface area contributed by atoms with Gasteiger partial charge in [0.05, 0.1) is 0 Å². The highest BCUT2D eigenvalue weighted by Crippen LogP contribution is 2.49. The molecule has 7 nitrogen and oxygen atoms in total. The number of alkyl halides is 3. The van der Waals surface area contributed by atoms with Gasteiger partial charge in [0.15, 0.2) is 0 Å². The fourth-order valence-electron chi connectivity index (χ4n) is 5.15. The van der Waals surface area contributed by atoms with Gasteiger partial charge in [-0.1, -0.05) is 6.42 Å². The number of aliphatic hydroxyl groups is 1. The standard InChI is InChI=1S/C20H26F3N3O4/c1-10(14-7-11-2-3-12(14)6-11)25-16(28)9-26-17(20(21,22)23)13(4-5-27)8-15(18(24)29)19(26)30/h8,10-12,14,27H,2-7,9H2,1H3,(H2,24,29)(H,25,28)/t10-,11+,12+,14-/m1/s1. The minimum Gasteiger partial charge on any atom is -0.396 e. The summed E-state index contributed by atoms with van der Waals surface area (Å²) in [5, 5.41) is 11.9. The second kappa shape index (κ2) is 8.41. The van der Waals surface area contributed by atoms with Crippen LogP contribution in [0.2, 0.25) is 0 Å². The molecule has 2 saturated carbocycles. The lowest BCUT2D eigenvalue weighted by atomic mass is 9.84. The van der Waals surface area contributed by atoms with Crippen LogP contribution in [0.4, 0.5) is 13.2 Å². The number of aromatic nitrogens is 1. The number of primary amides is 1. The van der Waals surface area contributed by atoms with Crippen molar-refractivity contribution in [2.24, 2.45) is 23.5 Å². The Morgan fingerprint density at radius 1 is 1.33 bits per heavy atom. The second-order valence-corrected chi connectivity index (χ2v) is 8.35. The Balaban J connectivity index is 1.90. The zero-order valence-electron chi connectivity index (χ0n) is 16.7. The van der Waals surface area contributed by atoms with Gasteiger partial charge in [0.2, 0.25) is 5.91 Å². The SMILES string of the molecule is C[C@@H](NC(=O)Cn1c(C(F)(F)F)c(CCO)cc(C(N)=O)c1=O)[C@H]1C[C@H]2CC[C@H]1C2. The minimum absolute atomic E-state index is 0.228. The summed E-state index contributed by atoms with van der Waals surface area (Å²) in [5.41, 5.74) is 1.39. The van der Waals surface area contributed by atoms with E-state index in [0.29, 0.717) is 11.8 Å². The quantitative estimate of drug-likeness (QED) is 0.609. The molecule has 0 aromatic carbocycles. The molecule has 166 valence electrons. The Morgan fingerprint density at radius 2 is 2.03 bits per heavy atom. The van der Waals surface area contributed by atoms with Gasteiger partial charge in [-0.3, -0.25) is 19.0 Å². The van der Waals surface area contributed by atoms with E-state index in [1.165, 1.54) is 6.42 Å². The van der Waals surface area contributed by atoms with Crippen LogP contribution in [0.1, 0.15) is 54.2 Å². The maximum absolute atomic E-state index is 13.7. The van der Waals surface area contributed by atoms with E-state index in [0.717, 1.165) is 25.3 Å². The van der Waals surface area contributed by atoms with Crippen molar-refractivity contribution in [3.63, 3.8) is 0 Å².